The van der Waals surface area contributed by atoms with Gasteiger partial charge in [0.2, 0.25) is 0 Å². The summed E-state index contributed by atoms with van der Waals surface area (Å²) < 4.78 is 6.46. The summed E-state index contributed by atoms with van der Waals surface area (Å²) >= 11 is 3.37. The summed E-state index contributed by atoms with van der Waals surface area (Å²) in [5, 5.41) is 2.98. The number of carbonyl (C=O) groups is 1. The van der Waals surface area contributed by atoms with Gasteiger partial charge in [-0.3, -0.25) is 9.69 Å². The van der Waals surface area contributed by atoms with Gasteiger partial charge >= 0.3 is 0 Å². The predicted molar refractivity (Wildman–Crippen MR) is 87.5 cm³/mol. The van der Waals surface area contributed by atoms with E-state index < -0.39 is 0 Å². The third-order valence-electron chi connectivity index (χ3n) is 3.85. The Balaban J connectivity index is 1.70. The first-order valence-corrected chi connectivity index (χ1v) is 8.37. The molecule has 1 amide bonds. The molecule has 1 heterocycles. The van der Waals surface area contributed by atoms with E-state index in [4.69, 9.17) is 4.74 Å². The van der Waals surface area contributed by atoms with Crippen molar-refractivity contribution in [2.24, 2.45) is 0 Å². The maximum absolute atomic E-state index is 11.9. The predicted octanol–water partition coefficient (Wildman–Crippen LogP) is 2.82. The number of likely N-dealkylation sites (tertiary alicyclic amines) is 1. The molecule has 1 atom stereocenters. The first kappa shape index (κ1) is 16.3. The molecule has 21 heavy (non-hydrogen) atoms. The van der Waals surface area contributed by atoms with Crippen LogP contribution in [0.25, 0.3) is 0 Å². The van der Waals surface area contributed by atoms with Crippen molar-refractivity contribution in [3.05, 3.63) is 28.7 Å². The highest BCUT2D eigenvalue weighted by Crippen LogP contribution is 2.16. The number of carbonyl (C=O) groups excluding carboxylic acids is 1. The number of halogens is 1. The second kappa shape index (κ2) is 8.39. The lowest BCUT2D eigenvalue weighted by molar-refractivity contribution is -0.123. The lowest BCUT2D eigenvalue weighted by Gasteiger charge is -2.26. The van der Waals surface area contributed by atoms with Gasteiger partial charge in [0.1, 0.15) is 5.75 Å². The number of nitrogens with one attached hydrogen (secondary N) is 1. The van der Waals surface area contributed by atoms with Crippen molar-refractivity contribution in [3.63, 3.8) is 0 Å². The third-order valence-corrected chi connectivity index (χ3v) is 4.38. The molecular weight excluding hydrogens is 332 g/mol. The Kier molecular flexibility index (Phi) is 6.51. The number of hydrogen-bond acceptors (Lipinski definition) is 3. The molecule has 1 unspecified atom stereocenters. The molecule has 2 rings (SSSR count). The molecule has 4 nitrogen and oxygen atoms in total. The van der Waals surface area contributed by atoms with E-state index in [9.17, 15) is 4.79 Å². The summed E-state index contributed by atoms with van der Waals surface area (Å²) in [5.74, 6) is 0.649. The van der Waals surface area contributed by atoms with Crippen LogP contribution in [0.1, 0.15) is 26.2 Å². The zero-order valence-corrected chi connectivity index (χ0v) is 14.1. The summed E-state index contributed by atoms with van der Waals surface area (Å²) in [6.07, 6.45) is 3.61. The largest absolute Gasteiger partial charge is 0.484 e. The molecule has 0 bridgehead atoms. The van der Waals surface area contributed by atoms with Crippen LogP contribution in [0.4, 0.5) is 0 Å². The highest BCUT2D eigenvalue weighted by molar-refractivity contribution is 9.10. The van der Waals surface area contributed by atoms with E-state index in [1.807, 2.05) is 24.3 Å². The molecule has 1 fully saturated rings. The highest BCUT2D eigenvalue weighted by Gasteiger charge is 2.20. The van der Waals surface area contributed by atoms with Crippen molar-refractivity contribution in [1.29, 1.82) is 0 Å². The molecule has 1 aliphatic heterocycles. The number of ether oxygens (including phenoxy) is 1. The van der Waals surface area contributed by atoms with Gasteiger partial charge in [-0.15, -0.1) is 0 Å². The van der Waals surface area contributed by atoms with Crippen LogP contribution in [0, 0.1) is 0 Å². The van der Waals surface area contributed by atoms with Crippen LogP contribution in [0.5, 0.6) is 5.75 Å². The summed E-state index contributed by atoms with van der Waals surface area (Å²) in [4.78, 5) is 14.3. The van der Waals surface area contributed by atoms with Crippen LogP contribution in [0.2, 0.25) is 0 Å². The quantitative estimate of drug-likeness (QED) is 0.818. The van der Waals surface area contributed by atoms with E-state index in [-0.39, 0.29) is 12.5 Å². The Hall–Kier alpha value is -1.07. The second-order valence-electron chi connectivity index (χ2n) is 5.35. The number of nitrogens with zero attached hydrogens (tertiary/aromatic N) is 1. The van der Waals surface area contributed by atoms with Crippen molar-refractivity contribution in [2.45, 2.75) is 32.2 Å². The highest BCUT2D eigenvalue weighted by atomic mass is 79.9. The van der Waals surface area contributed by atoms with Gasteiger partial charge in [-0.25, -0.2) is 0 Å². The Morgan fingerprint density at radius 3 is 2.62 bits per heavy atom. The van der Waals surface area contributed by atoms with Gasteiger partial charge in [0.25, 0.3) is 5.91 Å². The van der Waals surface area contributed by atoms with Crippen molar-refractivity contribution in [3.8, 4) is 5.75 Å². The number of benzene rings is 1. The van der Waals surface area contributed by atoms with Crippen molar-refractivity contribution >= 4 is 21.8 Å². The molecule has 1 aromatic rings. The minimum absolute atomic E-state index is 0.0597. The Morgan fingerprint density at radius 1 is 1.33 bits per heavy atom. The molecular formula is C16H23BrN2O2. The fourth-order valence-corrected chi connectivity index (χ4v) is 2.87. The second-order valence-corrected chi connectivity index (χ2v) is 6.27. The first-order chi connectivity index (χ1) is 10.2. The van der Waals surface area contributed by atoms with Crippen LogP contribution >= 0.6 is 15.9 Å². The van der Waals surface area contributed by atoms with E-state index in [1.165, 1.54) is 12.8 Å². The van der Waals surface area contributed by atoms with Gasteiger partial charge in [0, 0.05) is 17.1 Å². The number of amides is 1. The SMILES string of the molecule is CCC(CNC(=O)COc1ccc(Br)cc1)N1CCCC1. The standard InChI is InChI=1S/C16H23BrN2O2/c1-2-14(19-9-3-4-10-19)11-18-16(20)12-21-15-7-5-13(17)6-8-15/h5-8,14H,2-4,9-12H2,1H3,(H,18,20). The molecule has 116 valence electrons. The van der Waals surface area contributed by atoms with Crippen LogP contribution in [0.15, 0.2) is 28.7 Å². The van der Waals surface area contributed by atoms with Crippen molar-refractivity contribution in [2.75, 3.05) is 26.2 Å². The fourth-order valence-electron chi connectivity index (χ4n) is 2.60. The van der Waals surface area contributed by atoms with E-state index in [2.05, 4.69) is 33.1 Å². The van der Waals surface area contributed by atoms with Gasteiger partial charge in [-0.05, 0) is 56.6 Å². The molecule has 0 aliphatic carbocycles. The zero-order valence-electron chi connectivity index (χ0n) is 12.5. The molecule has 1 aliphatic rings. The summed E-state index contributed by atoms with van der Waals surface area (Å²) in [6.45, 7) is 5.26. The van der Waals surface area contributed by atoms with Crippen LogP contribution in [0.3, 0.4) is 0 Å². The Morgan fingerprint density at radius 2 is 2.00 bits per heavy atom. The number of rotatable bonds is 7. The fraction of sp³-hybridized carbons (Fsp3) is 0.562. The van der Waals surface area contributed by atoms with E-state index >= 15 is 0 Å². The molecule has 0 radical (unpaired) electrons. The summed E-state index contributed by atoms with van der Waals surface area (Å²) in [6, 6.07) is 7.93. The average molecular weight is 355 g/mol. The van der Waals surface area contributed by atoms with Crippen molar-refractivity contribution in [1.82, 2.24) is 10.2 Å². The molecule has 1 N–H and O–H groups in total. The molecule has 1 saturated heterocycles. The number of hydrogen-bond donors (Lipinski definition) is 1. The first-order valence-electron chi connectivity index (χ1n) is 7.58. The van der Waals surface area contributed by atoms with Gasteiger partial charge < -0.3 is 10.1 Å². The molecule has 0 saturated carbocycles. The van der Waals surface area contributed by atoms with Crippen LogP contribution in [-0.4, -0.2) is 43.1 Å². The van der Waals surface area contributed by atoms with Gasteiger partial charge in [0.05, 0.1) is 0 Å². The third kappa shape index (κ3) is 5.32. The van der Waals surface area contributed by atoms with Crippen LogP contribution < -0.4 is 10.1 Å². The smallest absolute Gasteiger partial charge is 0.257 e. The van der Waals surface area contributed by atoms with Gasteiger partial charge in [-0.1, -0.05) is 22.9 Å². The monoisotopic (exact) mass is 354 g/mol. The molecule has 1 aromatic carbocycles. The maximum Gasteiger partial charge on any atom is 0.257 e. The Bertz CT molecular complexity index is 444. The molecule has 0 spiro atoms. The lowest BCUT2D eigenvalue weighted by Crippen LogP contribution is -2.43. The average Bonchev–Trinajstić information content (AvgIpc) is 3.01. The van der Waals surface area contributed by atoms with Crippen molar-refractivity contribution < 1.29 is 9.53 Å². The minimum Gasteiger partial charge on any atom is -0.484 e. The van der Waals surface area contributed by atoms with Gasteiger partial charge in [0.15, 0.2) is 6.61 Å². The Labute approximate surface area is 135 Å². The van der Waals surface area contributed by atoms with Gasteiger partial charge in [-0.2, -0.15) is 0 Å². The summed E-state index contributed by atoms with van der Waals surface area (Å²) in [7, 11) is 0. The molecule has 5 heteroatoms. The van der Waals surface area contributed by atoms with E-state index in [0.29, 0.717) is 18.3 Å². The summed E-state index contributed by atoms with van der Waals surface area (Å²) in [5.41, 5.74) is 0. The minimum atomic E-state index is -0.0597. The van der Waals surface area contributed by atoms with E-state index in [1.54, 1.807) is 0 Å². The normalized spacial score (nSPS) is 16.7. The zero-order chi connectivity index (χ0) is 15.1. The van der Waals surface area contributed by atoms with E-state index in [0.717, 1.165) is 24.0 Å². The lowest BCUT2D eigenvalue weighted by atomic mass is 10.2. The topological polar surface area (TPSA) is 41.6 Å². The maximum atomic E-state index is 11.9. The molecule has 0 aromatic heterocycles. The van der Waals surface area contributed by atoms with Crippen LogP contribution in [-0.2, 0) is 4.79 Å².